The molecule has 0 radical (unpaired) electrons. The zero-order valence-electron chi connectivity index (χ0n) is 8.92. The van der Waals surface area contributed by atoms with Gasteiger partial charge in [-0.05, 0) is 6.07 Å². The SMILES string of the molecule is NS(=O)(=O)c1cnn(-c2cccc([N+](=O)[O-])c2)c1. The van der Waals surface area contributed by atoms with Crippen molar-refractivity contribution in [1.29, 1.82) is 0 Å². The summed E-state index contributed by atoms with van der Waals surface area (Å²) in [6.07, 6.45) is 2.27. The monoisotopic (exact) mass is 268 g/mol. The van der Waals surface area contributed by atoms with Crippen molar-refractivity contribution in [2.45, 2.75) is 4.90 Å². The zero-order chi connectivity index (χ0) is 13.3. The van der Waals surface area contributed by atoms with Gasteiger partial charge in [0.05, 0.1) is 23.0 Å². The fraction of sp³-hybridized carbons (Fsp3) is 0. The van der Waals surface area contributed by atoms with Crippen LogP contribution in [0.5, 0.6) is 0 Å². The molecule has 1 aromatic carbocycles. The van der Waals surface area contributed by atoms with Crippen LogP contribution in [-0.2, 0) is 10.0 Å². The fourth-order valence-corrected chi connectivity index (χ4v) is 1.78. The lowest BCUT2D eigenvalue weighted by atomic mass is 10.3. The summed E-state index contributed by atoms with van der Waals surface area (Å²) in [6.45, 7) is 0. The summed E-state index contributed by atoms with van der Waals surface area (Å²) in [6, 6.07) is 5.65. The van der Waals surface area contributed by atoms with Crippen molar-refractivity contribution in [2.24, 2.45) is 5.14 Å². The first kappa shape index (κ1) is 12.2. The Hall–Kier alpha value is -2.26. The molecule has 0 unspecified atom stereocenters. The van der Waals surface area contributed by atoms with E-state index in [2.05, 4.69) is 5.10 Å². The molecule has 0 aliphatic rings. The Morgan fingerprint density at radius 1 is 1.39 bits per heavy atom. The van der Waals surface area contributed by atoms with Crippen molar-refractivity contribution in [3.05, 3.63) is 46.8 Å². The topological polar surface area (TPSA) is 121 Å². The maximum Gasteiger partial charge on any atom is 0.271 e. The average molecular weight is 268 g/mol. The van der Waals surface area contributed by atoms with Crippen LogP contribution in [0.1, 0.15) is 0 Å². The smallest absolute Gasteiger partial charge is 0.258 e. The van der Waals surface area contributed by atoms with E-state index < -0.39 is 14.9 Å². The maximum atomic E-state index is 11.1. The second-order valence-corrected chi connectivity index (χ2v) is 5.00. The average Bonchev–Trinajstić information content (AvgIpc) is 2.78. The predicted octanol–water partition coefficient (Wildman–Crippen LogP) is 0.428. The molecule has 2 rings (SSSR count). The molecule has 18 heavy (non-hydrogen) atoms. The largest absolute Gasteiger partial charge is 0.271 e. The Balaban J connectivity index is 2.46. The van der Waals surface area contributed by atoms with Gasteiger partial charge in [-0.2, -0.15) is 5.10 Å². The summed E-state index contributed by atoms with van der Waals surface area (Å²) in [7, 11) is -3.83. The molecule has 2 N–H and O–H groups in total. The molecule has 2 aromatic rings. The number of primary sulfonamides is 1. The molecule has 0 amide bonds. The molecular weight excluding hydrogens is 260 g/mol. The van der Waals surface area contributed by atoms with Crippen LogP contribution in [0, 0.1) is 10.1 Å². The number of nitro benzene ring substituents is 1. The van der Waals surface area contributed by atoms with Crippen molar-refractivity contribution in [2.75, 3.05) is 0 Å². The van der Waals surface area contributed by atoms with E-state index in [1.807, 2.05) is 0 Å². The summed E-state index contributed by atoms with van der Waals surface area (Å²) in [5.41, 5.74) is 0.263. The van der Waals surface area contributed by atoms with Crippen molar-refractivity contribution in [3.8, 4) is 5.69 Å². The van der Waals surface area contributed by atoms with Gasteiger partial charge in [0.25, 0.3) is 5.69 Å². The summed E-state index contributed by atoms with van der Waals surface area (Å²) < 4.78 is 23.3. The minimum atomic E-state index is -3.83. The number of non-ortho nitro benzene ring substituents is 1. The Bertz CT molecular complexity index is 707. The molecule has 94 valence electrons. The lowest BCUT2D eigenvalue weighted by Crippen LogP contribution is -2.11. The molecule has 8 nitrogen and oxygen atoms in total. The molecule has 9 heteroatoms. The highest BCUT2D eigenvalue weighted by atomic mass is 32.2. The van der Waals surface area contributed by atoms with Crippen molar-refractivity contribution >= 4 is 15.7 Å². The zero-order valence-corrected chi connectivity index (χ0v) is 9.74. The molecule has 0 atom stereocenters. The Kier molecular flexibility index (Phi) is 2.85. The lowest BCUT2D eigenvalue weighted by Gasteiger charge is -2.00. The van der Waals surface area contributed by atoms with Crippen molar-refractivity contribution in [3.63, 3.8) is 0 Å². The van der Waals surface area contributed by atoms with E-state index in [1.165, 1.54) is 29.1 Å². The van der Waals surface area contributed by atoms with Crippen molar-refractivity contribution in [1.82, 2.24) is 9.78 Å². The van der Waals surface area contributed by atoms with E-state index in [-0.39, 0.29) is 10.6 Å². The molecule has 0 saturated heterocycles. The van der Waals surface area contributed by atoms with Crippen LogP contribution >= 0.6 is 0 Å². The highest BCUT2D eigenvalue weighted by Gasteiger charge is 2.12. The molecule has 0 bridgehead atoms. The van der Waals surface area contributed by atoms with E-state index in [1.54, 1.807) is 6.07 Å². The molecule has 1 heterocycles. The summed E-state index contributed by atoms with van der Waals surface area (Å²) >= 11 is 0. The summed E-state index contributed by atoms with van der Waals surface area (Å²) in [5.74, 6) is 0. The summed E-state index contributed by atoms with van der Waals surface area (Å²) in [5, 5.41) is 19.3. The van der Waals surface area contributed by atoms with Crippen LogP contribution in [0.2, 0.25) is 0 Å². The molecule has 0 fully saturated rings. The number of sulfonamides is 1. The number of nitrogens with two attached hydrogens (primary N) is 1. The number of benzene rings is 1. The third-order valence-corrected chi connectivity index (χ3v) is 3.06. The number of aromatic nitrogens is 2. The van der Waals surface area contributed by atoms with Gasteiger partial charge in [-0.25, -0.2) is 18.2 Å². The predicted molar refractivity (Wildman–Crippen MR) is 61.6 cm³/mol. The van der Waals surface area contributed by atoms with Crippen LogP contribution in [0.25, 0.3) is 5.69 Å². The first-order valence-corrected chi connectivity index (χ1v) is 6.25. The van der Waals surface area contributed by atoms with E-state index in [0.29, 0.717) is 5.69 Å². The number of nitro groups is 1. The van der Waals surface area contributed by atoms with Gasteiger partial charge in [0.2, 0.25) is 10.0 Å². The van der Waals surface area contributed by atoms with Gasteiger partial charge in [-0.1, -0.05) is 6.07 Å². The van der Waals surface area contributed by atoms with Gasteiger partial charge < -0.3 is 0 Å². The van der Waals surface area contributed by atoms with E-state index in [0.717, 1.165) is 6.20 Å². The standard InChI is InChI=1S/C9H8N4O4S/c10-18(16,17)9-5-11-12(6-9)7-2-1-3-8(4-7)13(14)15/h1-6H,(H2,10,16,17). The second-order valence-electron chi connectivity index (χ2n) is 3.44. The quantitative estimate of drug-likeness (QED) is 0.639. The van der Waals surface area contributed by atoms with Crippen LogP contribution in [-0.4, -0.2) is 23.1 Å². The van der Waals surface area contributed by atoms with Gasteiger partial charge in [-0.15, -0.1) is 0 Å². The second kappa shape index (κ2) is 4.20. The number of nitrogens with zero attached hydrogens (tertiary/aromatic N) is 3. The number of hydrogen-bond acceptors (Lipinski definition) is 5. The Morgan fingerprint density at radius 3 is 2.67 bits per heavy atom. The first-order chi connectivity index (χ1) is 8.38. The highest BCUT2D eigenvalue weighted by molar-refractivity contribution is 7.89. The van der Waals surface area contributed by atoms with Gasteiger partial charge in [0.15, 0.2) is 0 Å². The van der Waals surface area contributed by atoms with Crippen LogP contribution in [0.3, 0.4) is 0 Å². The lowest BCUT2D eigenvalue weighted by molar-refractivity contribution is -0.384. The third-order valence-electron chi connectivity index (χ3n) is 2.19. The number of hydrogen-bond donors (Lipinski definition) is 1. The summed E-state index contributed by atoms with van der Waals surface area (Å²) in [4.78, 5) is 9.90. The normalized spacial score (nSPS) is 11.4. The van der Waals surface area contributed by atoms with Crippen LogP contribution < -0.4 is 5.14 Å². The first-order valence-electron chi connectivity index (χ1n) is 4.70. The molecule has 1 aromatic heterocycles. The molecule has 0 aliphatic heterocycles. The Labute approximate surface area is 102 Å². The minimum absolute atomic E-state index is 0.111. The van der Waals surface area contributed by atoms with Crippen LogP contribution in [0.4, 0.5) is 5.69 Å². The third kappa shape index (κ3) is 2.36. The van der Waals surface area contributed by atoms with Crippen molar-refractivity contribution < 1.29 is 13.3 Å². The van der Waals surface area contributed by atoms with E-state index in [4.69, 9.17) is 5.14 Å². The van der Waals surface area contributed by atoms with Gasteiger partial charge >= 0.3 is 0 Å². The molecule has 0 spiro atoms. The number of rotatable bonds is 3. The molecular formula is C9H8N4O4S. The molecule has 0 saturated carbocycles. The van der Waals surface area contributed by atoms with Gasteiger partial charge in [0, 0.05) is 12.1 Å². The van der Waals surface area contributed by atoms with E-state index >= 15 is 0 Å². The maximum absolute atomic E-state index is 11.1. The minimum Gasteiger partial charge on any atom is -0.258 e. The van der Waals surface area contributed by atoms with Gasteiger partial charge in [0.1, 0.15) is 4.90 Å². The fourth-order valence-electron chi connectivity index (χ4n) is 1.34. The van der Waals surface area contributed by atoms with Gasteiger partial charge in [-0.3, -0.25) is 10.1 Å². The highest BCUT2D eigenvalue weighted by Crippen LogP contribution is 2.17. The Morgan fingerprint density at radius 2 is 2.11 bits per heavy atom. The molecule has 0 aliphatic carbocycles. The van der Waals surface area contributed by atoms with Crippen LogP contribution in [0.15, 0.2) is 41.6 Å². The van der Waals surface area contributed by atoms with E-state index in [9.17, 15) is 18.5 Å².